The van der Waals surface area contributed by atoms with E-state index in [-0.39, 0.29) is 12.2 Å². The first-order valence-electron chi connectivity index (χ1n) is 8.11. The summed E-state index contributed by atoms with van der Waals surface area (Å²) >= 11 is 16.6. The average Bonchev–Trinajstić information content (AvgIpc) is 2.58. The first kappa shape index (κ1) is 24.3. The smallest absolute Gasteiger partial charge is 0.463 e. The quantitative estimate of drug-likeness (QED) is 0.179. The van der Waals surface area contributed by atoms with E-state index in [0.717, 1.165) is 11.8 Å². The van der Waals surface area contributed by atoms with Crippen LogP contribution in [0, 0.1) is 5.92 Å². The molecule has 0 saturated carbocycles. The van der Waals surface area contributed by atoms with Gasteiger partial charge in [-0.05, 0) is 20.8 Å². The van der Waals surface area contributed by atoms with Crippen molar-refractivity contribution in [3.63, 3.8) is 0 Å². The van der Waals surface area contributed by atoms with Crippen LogP contribution in [-0.4, -0.2) is 58.2 Å². The number of likely N-dealkylation sites (tertiary alicyclic amines) is 1. The maximum atomic E-state index is 12.5. The van der Waals surface area contributed by atoms with Gasteiger partial charge in [0.1, 0.15) is 12.0 Å². The number of rotatable bonds is 8. The third-order valence-corrected chi connectivity index (χ3v) is 4.59. The largest absolute Gasteiger partial charge is 0.511 e. The standard InChI is InChI=1S/C16H20Cl3NO8/c1-5-25-14(23)8(2)6-20-12(22)11(13(20)27-10(4)21)9(3)26-15(24)28-16(18,19)7-17/h6,9,11,13H,5,7H2,1-4H3/b8-6+. The molecule has 3 atom stereocenters. The lowest BCUT2D eigenvalue weighted by Gasteiger charge is -2.45. The maximum absolute atomic E-state index is 12.5. The summed E-state index contributed by atoms with van der Waals surface area (Å²) in [6, 6.07) is 0. The molecule has 0 N–H and O–H groups in total. The maximum Gasteiger partial charge on any atom is 0.511 e. The second-order valence-electron chi connectivity index (χ2n) is 5.75. The summed E-state index contributed by atoms with van der Waals surface area (Å²) in [7, 11) is 0. The van der Waals surface area contributed by atoms with Gasteiger partial charge in [0.25, 0.3) is 4.52 Å². The summed E-state index contributed by atoms with van der Waals surface area (Å²) in [5.74, 6) is -3.29. The number of nitrogens with zero attached hydrogens (tertiary/aromatic N) is 1. The molecule has 0 aromatic rings. The SMILES string of the molecule is CCOC(=O)/C(C)=C/N1C(=O)C(C(C)OC(=O)OC(Cl)(Cl)CCl)C1OC(C)=O. The van der Waals surface area contributed by atoms with E-state index in [1.54, 1.807) is 6.92 Å². The van der Waals surface area contributed by atoms with E-state index >= 15 is 0 Å². The highest BCUT2D eigenvalue weighted by Gasteiger charge is 2.53. The Morgan fingerprint density at radius 3 is 2.39 bits per heavy atom. The molecule has 1 amide bonds. The number of alkyl halides is 3. The monoisotopic (exact) mass is 459 g/mol. The van der Waals surface area contributed by atoms with E-state index in [4.69, 9.17) is 49.0 Å². The number of carbonyl (C=O) groups is 4. The van der Waals surface area contributed by atoms with Crippen LogP contribution in [0.1, 0.15) is 27.7 Å². The number of halogens is 3. The second kappa shape index (κ2) is 10.2. The van der Waals surface area contributed by atoms with E-state index in [1.807, 2.05) is 0 Å². The van der Waals surface area contributed by atoms with Gasteiger partial charge in [0.15, 0.2) is 6.23 Å². The normalized spacial score (nSPS) is 20.8. The van der Waals surface area contributed by atoms with Crippen LogP contribution >= 0.6 is 34.8 Å². The number of esters is 2. The van der Waals surface area contributed by atoms with Crippen LogP contribution in [-0.2, 0) is 33.3 Å². The van der Waals surface area contributed by atoms with Gasteiger partial charge >= 0.3 is 18.1 Å². The molecule has 158 valence electrons. The molecule has 0 aromatic carbocycles. The fraction of sp³-hybridized carbons (Fsp3) is 0.625. The van der Waals surface area contributed by atoms with Crippen LogP contribution < -0.4 is 0 Å². The lowest BCUT2D eigenvalue weighted by molar-refractivity contribution is -0.199. The van der Waals surface area contributed by atoms with Gasteiger partial charge in [-0.3, -0.25) is 14.5 Å². The fourth-order valence-corrected chi connectivity index (χ4v) is 2.47. The Bertz CT molecular complexity index is 666. The van der Waals surface area contributed by atoms with Crippen molar-refractivity contribution in [2.45, 2.75) is 44.5 Å². The minimum Gasteiger partial charge on any atom is -0.463 e. The minimum atomic E-state index is -2.00. The summed E-state index contributed by atoms with van der Waals surface area (Å²) < 4.78 is 17.5. The molecule has 0 radical (unpaired) electrons. The Kier molecular flexibility index (Phi) is 8.84. The fourth-order valence-electron chi connectivity index (χ4n) is 2.28. The molecule has 0 aliphatic carbocycles. The first-order valence-corrected chi connectivity index (χ1v) is 9.40. The number of ether oxygens (including phenoxy) is 4. The summed E-state index contributed by atoms with van der Waals surface area (Å²) in [6.45, 7) is 5.77. The molecule has 1 aliphatic rings. The van der Waals surface area contributed by atoms with Crippen LogP contribution in [0.25, 0.3) is 0 Å². The van der Waals surface area contributed by atoms with Gasteiger partial charge in [0, 0.05) is 13.1 Å². The van der Waals surface area contributed by atoms with Crippen molar-refractivity contribution in [1.29, 1.82) is 0 Å². The molecule has 1 rings (SSSR count). The molecule has 1 saturated heterocycles. The molecule has 1 aliphatic heterocycles. The Morgan fingerprint density at radius 2 is 1.89 bits per heavy atom. The molecular formula is C16H20Cl3NO8. The van der Waals surface area contributed by atoms with Gasteiger partial charge in [0.05, 0.1) is 18.1 Å². The zero-order valence-corrected chi connectivity index (χ0v) is 17.8. The molecule has 28 heavy (non-hydrogen) atoms. The molecule has 0 bridgehead atoms. The highest BCUT2D eigenvalue weighted by Crippen LogP contribution is 2.34. The highest BCUT2D eigenvalue weighted by atomic mass is 35.5. The molecule has 1 heterocycles. The summed E-state index contributed by atoms with van der Waals surface area (Å²) in [5, 5.41) is 0. The third-order valence-electron chi connectivity index (χ3n) is 3.51. The topological polar surface area (TPSA) is 108 Å². The van der Waals surface area contributed by atoms with Gasteiger partial charge in [-0.15, -0.1) is 11.6 Å². The van der Waals surface area contributed by atoms with Crippen molar-refractivity contribution in [3.05, 3.63) is 11.8 Å². The number of amides is 1. The van der Waals surface area contributed by atoms with Gasteiger partial charge < -0.3 is 18.9 Å². The predicted octanol–water partition coefficient (Wildman–Crippen LogP) is 2.71. The van der Waals surface area contributed by atoms with E-state index < -0.39 is 52.7 Å². The third kappa shape index (κ3) is 6.42. The zero-order valence-electron chi connectivity index (χ0n) is 15.6. The average molecular weight is 461 g/mol. The highest BCUT2D eigenvalue weighted by molar-refractivity contribution is 6.50. The molecular weight excluding hydrogens is 441 g/mol. The van der Waals surface area contributed by atoms with Crippen molar-refractivity contribution in [1.82, 2.24) is 4.90 Å². The molecule has 9 nitrogen and oxygen atoms in total. The Morgan fingerprint density at radius 1 is 1.29 bits per heavy atom. The van der Waals surface area contributed by atoms with Crippen LogP contribution in [0.15, 0.2) is 11.8 Å². The number of hydrogen-bond acceptors (Lipinski definition) is 8. The van der Waals surface area contributed by atoms with E-state index in [0.29, 0.717) is 0 Å². The summed E-state index contributed by atoms with van der Waals surface area (Å²) in [6.07, 6.45) is -2.21. The lowest BCUT2D eigenvalue weighted by atomic mass is 9.90. The van der Waals surface area contributed by atoms with E-state index in [2.05, 4.69) is 4.74 Å². The Hall–Kier alpha value is -1.71. The number of β-lactam (4-membered cyclic amide) rings is 1. The second-order valence-corrected chi connectivity index (χ2v) is 7.43. The molecule has 0 spiro atoms. The zero-order chi connectivity index (χ0) is 21.6. The Balaban J connectivity index is 2.90. The van der Waals surface area contributed by atoms with Gasteiger partial charge in [0.2, 0.25) is 5.91 Å². The van der Waals surface area contributed by atoms with Crippen molar-refractivity contribution in [2.75, 3.05) is 12.5 Å². The van der Waals surface area contributed by atoms with Crippen molar-refractivity contribution < 1.29 is 38.1 Å². The van der Waals surface area contributed by atoms with Crippen molar-refractivity contribution in [3.8, 4) is 0 Å². The summed E-state index contributed by atoms with van der Waals surface area (Å²) in [5.41, 5.74) is 0.120. The molecule has 3 unspecified atom stereocenters. The number of carbonyl (C=O) groups excluding carboxylic acids is 4. The van der Waals surface area contributed by atoms with E-state index in [1.165, 1.54) is 20.0 Å². The molecule has 1 fully saturated rings. The van der Waals surface area contributed by atoms with Gasteiger partial charge in [-0.25, -0.2) is 9.59 Å². The van der Waals surface area contributed by atoms with Crippen LogP contribution in [0.5, 0.6) is 0 Å². The van der Waals surface area contributed by atoms with Gasteiger partial charge in [-0.1, -0.05) is 23.2 Å². The van der Waals surface area contributed by atoms with Crippen LogP contribution in [0.3, 0.4) is 0 Å². The van der Waals surface area contributed by atoms with E-state index in [9.17, 15) is 19.2 Å². The van der Waals surface area contributed by atoms with Gasteiger partial charge in [-0.2, -0.15) is 0 Å². The summed E-state index contributed by atoms with van der Waals surface area (Å²) in [4.78, 5) is 48.4. The first-order chi connectivity index (χ1) is 12.9. The Labute approximate surface area is 176 Å². The van der Waals surface area contributed by atoms with Crippen LogP contribution in [0.2, 0.25) is 0 Å². The molecule has 0 aromatic heterocycles. The minimum absolute atomic E-state index is 0.120. The predicted molar refractivity (Wildman–Crippen MR) is 98.5 cm³/mol. The number of hydrogen-bond donors (Lipinski definition) is 0. The van der Waals surface area contributed by atoms with Crippen molar-refractivity contribution >= 4 is 58.8 Å². The van der Waals surface area contributed by atoms with Crippen LogP contribution in [0.4, 0.5) is 4.79 Å². The lowest BCUT2D eigenvalue weighted by Crippen LogP contribution is -2.64. The van der Waals surface area contributed by atoms with Crippen molar-refractivity contribution in [2.24, 2.45) is 5.92 Å². The molecule has 12 heteroatoms.